The number of carbonyl (C=O) groups excluding carboxylic acids is 1. The molecule has 0 aromatic heterocycles. The van der Waals surface area contributed by atoms with E-state index in [9.17, 15) is 9.18 Å². The molecular weight excluding hydrogens is 223 g/mol. The lowest BCUT2D eigenvalue weighted by atomic mass is 10.0. The zero-order valence-electron chi connectivity index (χ0n) is 10.00. The minimum absolute atomic E-state index is 0.127. The summed E-state index contributed by atoms with van der Waals surface area (Å²) in [6.07, 6.45) is 0.703. The Bertz CT molecular complexity index is 419. The zero-order valence-corrected chi connectivity index (χ0v) is 10.00. The molecule has 0 saturated carbocycles. The summed E-state index contributed by atoms with van der Waals surface area (Å²) in [5, 5.41) is 0. The first kappa shape index (κ1) is 13.4. The molecule has 5 heteroatoms. The van der Waals surface area contributed by atoms with Crippen molar-refractivity contribution in [2.45, 2.75) is 25.8 Å². The fourth-order valence-corrected chi connectivity index (χ4v) is 1.21. The van der Waals surface area contributed by atoms with Crippen LogP contribution in [0.15, 0.2) is 18.2 Å². The molecule has 0 radical (unpaired) electrons. The molecule has 1 amide bonds. The Morgan fingerprint density at radius 1 is 1.53 bits per heavy atom. The van der Waals surface area contributed by atoms with Gasteiger partial charge in [0.05, 0.1) is 0 Å². The van der Waals surface area contributed by atoms with Crippen molar-refractivity contribution in [3.05, 3.63) is 29.6 Å². The highest BCUT2D eigenvalue weighted by atomic mass is 19.1. The van der Waals surface area contributed by atoms with E-state index < -0.39 is 17.3 Å². The van der Waals surface area contributed by atoms with Gasteiger partial charge in [0.25, 0.3) is 5.91 Å². The van der Waals surface area contributed by atoms with Crippen LogP contribution < -0.4 is 16.2 Å². The Kier molecular flexibility index (Phi) is 4.07. The third-order valence-corrected chi connectivity index (χ3v) is 2.59. The summed E-state index contributed by atoms with van der Waals surface area (Å²) in [5.74, 6) is -1.42. The molecule has 17 heavy (non-hydrogen) atoms. The zero-order chi connectivity index (χ0) is 13.1. The lowest BCUT2D eigenvalue weighted by Gasteiger charge is -2.23. The first-order chi connectivity index (χ1) is 7.87. The Hall–Kier alpha value is -1.62. The summed E-state index contributed by atoms with van der Waals surface area (Å²) in [6, 6.07) is 4.11. The van der Waals surface area contributed by atoms with Crippen LogP contribution in [0.5, 0.6) is 5.75 Å². The number of nitrogens with two attached hydrogens (primary N) is 2. The van der Waals surface area contributed by atoms with E-state index in [0.717, 1.165) is 6.07 Å². The van der Waals surface area contributed by atoms with Crippen molar-refractivity contribution in [3.63, 3.8) is 0 Å². The van der Waals surface area contributed by atoms with Crippen LogP contribution in [0.25, 0.3) is 0 Å². The number of ether oxygens (including phenoxy) is 1. The van der Waals surface area contributed by atoms with Gasteiger partial charge in [0.1, 0.15) is 23.7 Å². The Morgan fingerprint density at radius 3 is 2.71 bits per heavy atom. The van der Waals surface area contributed by atoms with Crippen LogP contribution in [0.1, 0.15) is 30.6 Å². The molecule has 0 aliphatic rings. The second-order valence-electron chi connectivity index (χ2n) is 4.27. The van der Waals surface area contributed by atoms with Gasteiger partial charge in [0.15, 0.2) is 0 Å². The highest BCUT2D eigenvalue weighted by Crippen LogP contribution is 2.22. The Morgan fingerprint density at radius 2 is 2.18 bits per heavy atom. The summed E-state index contributed by atoms with van der Waals surface area (Å²) < 4.78 is 18.8. The van der Waals surface area contributed by atoms with Gasteiger partial charge in [-0.1, -0.05) is 13.0 Å². The summed E-state index contributed by atoms with van der Waals surface area (Å²) in [5.41, 5.74) is 10.2. The van der Waals surface area contributed by atoms with Crippen LogP contribution in [-0.4, -0.2) is 18.1 Å². The smallest absolute Gasteiger partial charge is 0.255 e. The van der Waals surface area contributed by atoms with Gasteiger partial charge in [-0.15, -0.1) is 0 Å². The van der Waals surface area contributed by atoms with Crippen LogP contribution in [-0.2, 0) is 0 Å². The van der Waals surface area contributed by atoms with Gasteiger partial charge >= 0.3 is 0 Å². The first-order valence-electron chi connectivity index (χ1n) is 5.37. The highest BCUT2D eigenvalue weighted by molar-refractivity contribution is 5.95. The van der Waals surface area contributed by atoms with E-state index in [1.807, 2.05) is 13.8 Å². The van der Waals surface area contributed by atoms with Crippen molar-refractivity contribution >= 4 is 5.91 Å². The minimum Gasteiger partial charge on any atom is -0.491 e. The maximum absolute atomic E-state index is 13.4. The molecular formula is C12H17FN2O2. The van der Waals surface area contributed by atoms with Crippen LogP contribution in [0.2, 0.25) is 0 Å². The fraction of sp³-hybridized carbons (Fsp3) is 0.417. The SMILES string of the molecule is CCC(C)(N)COc1cccc(F)c1C(N)=O. The second-order valence-corrected chi connectivity index (χ2v) is 4.27. The number of hydrogen-bond donors (Lipinski definition) is 2. The van der Waals surface area contributed by atoms with Crippen molar-refractivity contribution in [2.24, 2.45) is 11.5 Å². The number of amides is 1. The quantitative estimate of drug-likeness (QED) is 0.817. The molecule has 0 fully saturated rings. The van der Waals surface area contributed by atoms with Crippen molar-refractivity contribution in [2.75, 3.05) is 6.61 Å². The molecule has 0 bridgehead atoms. The van der Waals surface area contributed by atoms with Crippen molar-refractivity contribution in [1.82, 2.24) is 0 Å². The molecule has 1 atom stereocenters. The standard InChI is InChI=1S/C12H17FN2O2/c1-3-12(2,15)7-17-9-6-4-5-8(13)10(9)11(14)16/h4-6H,3,7,15H2,1-2H3,(H2,14,16). The molecule has 0 heterocycles. The van der Waals surface area contributed by atoms with E-state index in [-0.39, 0.29) is 17.9 Å². The molecule has 94 valence electrons. The molecule has 0 spiro atoms. The minimum atomic E-state index is -0.853. The highest BCUT2D eigenvalue weighted by Gasteiger charge is 2.20. The van der Waals surface area contributed by atoms with E-state index in [4.69, 9.17) is 16.2 Å². The van der Waals surface area contributed by atoms with Gasteiger partial charge in [-0.05, 0) is 25.5 Å². The van der Waals surface area contributed by atoms with Crippen LogP contribution in [0.4, 0.5) is 4.39 Å². The van der Waals surface area contributed by atoms with Crippen LogP contribution in [0.3, 0.4) is 0 Å². The largest absolute Gasteiger partial charge is 0.491 e. The number of hydrogen-bond acceptors (Lipinski definition) is 3. The van der Waals surface area contributed by atoms with Crippen LogP contribution >= 0.6 is 0 Å². The van der Waals surface area contributed by atoms with Crippen molar-refractivity contribution < 1.29 is 13.9 Å². The maximum atomic E-state index is 13.4. The predicted molar refractivity (Wildman–Crippen MR) is 63.3 cm³/mol. The second kappa shape index (κ2) is 5.14. The van der Waals surface area contributed by atoms with Crippen molar-refractivity contribution in [1.29, 1.82) is 0 Å². The van der Waals surface area contributed by atoms with Gasteiger partial charge in [0, 0.05) is 5.54 Å². The molecule has 1 unspecified atom stereocenters. The van der Waals surface area contributed by atoms with Gasteiger partial charge in [-0.2, -0.15) is 0 Å². The lowest BCUT2D eigenvalue weighted by Crippen LogP contribution is -2.41. The van der Waals surface area contributed by atoms with Gasteiger partial charge < -0.3 is 16.2 Å². The number of carbonyl (C=O) groups is 1. The normalized spacial score (nSPS) is 14.1. The molecule has 1 aromatic carbocycles. The predicted octanol–water partition coefficient (Wildman–Crippen LogP) is 1.43. The van der Waals surface area contributed by atoms with E-state index in [1.165, 1.54) is 12.1 Å². The fourth-order valence-electron chi connectivity index (χ4n) is 1.21. The van der Waals surface area contributed by atoms with E-state index in [1.54, 1.807) is 0 Å². The average molecular weight is 240 g/mol. The lowest BCUT2D eigenvalue weighted by molar-refractivity contribution is 0.0990. The first-order valence-corrected chi connectivity index (χ1v) is 5.37. The van der Waals surface area contributed by atoms with E-state index in [0.29, 0.717) is 6.42 Å². The number of rotatable bonds is 5. The number of primary amides is 1. The average Bonchev–Trinajstić information content (AvgIpc) is 2.26. The summed E-state index contributed by atoms with van der Waals surface area (Å²) in [4.78, 5) is 11.1. The molecule has 0 aliphatic heterocycles. The van der Waals surface area contributed by atoms with Gasteiger partial charge in [-0.25, -0.2) is 4.39 Å². The third-order valence-electron chi connectivity index (χ3n) is 2.59. The van der Waals surface area contributed by atoms with E-state index in [2.05, 4.69) is 0 Å². The van der Waals surface area contributed by atoms with Gasteiger partial charge in [0.2, 0.25) is 0 Å². The molecule has 1 rings (SSSR count). The molecule has 0 saturated heterocycles. The summed E-state index contributed by atoms with van der Waals surface area (Å²) >= 11 is 0. The molecule has 1 aromatic rings. The van der Waals surface area contributed by atoms with Gasteiger partial charge in [-0.3, -0.25) is 4.79 Å². The topological polar surface area (TPSA) is 78.3 Å². The Balaban J connectivity index is 2.92. The summed E-state index contributed by atoms with van der Waals surface area (Å²) in [7, 11) is 0. The number of halogens is 1. The third kappa shape index (κ3) is 3.42. The number of benzene rings is 1. The Labute approximate surface area is 99.7 Å². The van der Waals surface area contributed by atoms with E-state index >= 15 is 0 Å². The monoisotopic (exact) mass is 240 g/mol. The molecule has 0 aliphatic carbocycles. The maximum Gasteiger partial charge on any atom is 0.255 e. The molecule has 4 N–H and O–H groups in total. The van der Waals surface area contributed by atoms with Crippen LogP contribution in [0, 0.1) is 5.82 Å². The summed E-state index contributed by atoms with van der Waals surface area (Å²) in [6.45, 7) is 3.92. The molecule has 4 nitrogen and oxygen atoms in total. The van der Waals surface area contributed by atoms with Crippen molar-refractivity contribution in [3.8, 4) is 5.75 Å².